The summed E-state index contributed by atoms with van der Waals surface area (Å²) < 4.78 is 6.11. The number of carboxylic acids is 1. The van der Waals surface area contributed by atoms with Crippen LogP contribution in [0.1, 0.15) is 42.5 Å². The molecule has 1 N–H and O–H groups in total. The van der Waals surface area contributed by atoms with Crippen molar-refractivity contribution in [1.29, 1.82) is 0 Å². The van der Waals surface area contributed by atoms with E-state index in [1.165, 1.54) is 0 Å². The van der Waals surface area contributed by atoms with E-state index in [0.717, 1.165) is 18.4 Å². The van der Waals surface area contributed by atoms with Crippen LogP contribution in [0.2, 0.25) is 15.1 Å². The Morgan fingerprint density at radius 1 is 1.00 bits per heavy atom. The largest absolute Gasteiger partial charge is 0.481 e. The molecule has 3 atom stereocenters. The molecule has 1 aliphatic heterocycles. The maximum absolute atomic E-state index is 13.2. The molecule has 2 aliphatic rings. The number of rotatable bonds is 6. The van der Waals surface area contributed by atoms with Crippen LogP contribution in [0.25, 0.3) is 0 Å². The highest BCUT2D eigenvalue weighted by molar-refractivity contribution is 6.34. The van der Waals surface area contributed by atoms with E-state index in [-0.39, 0.29) is 5.91 Å². The second-order valence-corrected chi connectivity index (χ2v) is 9.09. The van der Waals surface area contributed by atoms with Gasteiger partial charge in [0.25, 0.3) is 5.91 Å². The van der Waals surface area contributed by atoms with E-state index in [0.29, 0.717) is 33.1 Å². The van der Waals surface area contributed by atoms with Crippen LogP contribution < -0.4 is 0 Å². The average molecular weight is 469 g/mol. The summed E-state index contributed by atoms with van der Waals surface area (Å²) >= 11 is 18.5. The van der Waals surface area contributed by atoms with E-state index < -0.39 is 30.6 Å². The molecule has 1 saturated heterocycles. The number of carbonyl (C=O) groups is 2. The van der Waals surface area contributed by atoms with E-state index in [2.05, 4.69) is 0 Å². The summed E-state index contributed by atoms with van der Waals surface area (Å²) in [5, 5.41) is 10.8. The summed E-state index contributed by atoms with van der Waals surface area (Å²) in [5.41, 5.74) is 1.54. The summed E-state index contributed by atoms with van der Waals surface area (Å²) in [4.78, 5) is 26.4. The molecule has 30 heavy (non-hydrogen) atoms. The number of morpholine rings is 1. The number of nitrogens with zero attached hydrogens (tertiary/aromatic N) is 1. The molecule has 2 fully saturated rings. The van der Waals surface area contributed by atoms with Gasteiger partial charge in [-0.1, -0.05) is 46.9 Å². The first-order chi connectivity index (χ1) is 14.3. The van der Waals surface area contributed by atoms with Crippen molar-refractivity contribution in [2.24, 2.45) is 5.92 Å². The Hall–Kier alpha value is -1.79. The molecular weight excluding hydrogens is 449 g/mol. The van der Waals surface area contributed by atoms with Gasteiger partial charge >= 0.3 is 5.97 Å². The average Bonchev–Trinajstić information content (AvgIpc) is 3.49. The van der Waals surface area contributed by atoms with Crippen molar-refractivity contribution >= 4 is 46.7 Å². The van der Waals surface area contributed by atoms with Crippen molar-refractivity contribution in [3.05, 3.63) is 68.7 Å². The van der Waals surface area contributed by atoms with Crippen LogP contribution in [-0.2, 0) is 14.3 Å². The first-order valence-electron chi connectivity index (χ1n) is 9.71. The molecule has 1 saturated carbocycles. The van der Waals surface area contributed by atoms with E-state index in [9.17, 15) is 14.7 Å². The molecule has 1 heterocycles. The lowest BCUT2D eigenvalue weighted by Gasteiger charge is -2.45. The Bertz CT molecular complexity index is 941. The van der Waals surface area contributed by atoms with Crippen molar-refractivity contribution < 1.29 is 19.4 Å². The molecule has 1 amide bonds. The Labute approximate surface area is 189 Å². The quantitative estimate of drug-likeness (QED) is 0.604. The van der Waals surface area contributed by atoms with Crippen molar-refractivity contribution in [2.75, 3.05) is 6.54 Å². The SMILES string of the molecule is O=C(O)C[C@@H]1O[C@H](c2cc(Cl)cc(Cl)c2)[C@@H](c2ccc(Cl)cc2)N(CC2CC2)C1=O. The highest BCUT2D eigenvalue weighted by Gasteiger charge is 2.46. The molecule has 5 nitrogen and oxygen atoms in total. The number of benzene rings is 2. The van der Waals surface area contributed by atoms with Crippen LogP contribution in [0.3, 0.4) is 0 Å². The highest BCUT2D eigenvalue weighted by atomic mass is 35.5. The fraction of sp³-hybridized carbons (Fsp3) is 0.364. The van der Waals surface area contributed by atoms with E-state index in [1.807, 2.05) is 12.1 Å². The fourth-order valence-electron chi connectivity index (χ4n) is 3.89. The smallest absolute Gasteiger partial charge is 0.306 e. The second kappa shape index (κ2) is 8.75. The standard InChI is InChI=1S/C22H20Cl3NO4/c23-15-5-3-13(4-6-15)20-21(14-7-16(24)9-17(25)8-14)30-18(10-19(27)28)22(29)26(20)11-12-1-2-12/h3-9,12,18,20-21H,1-2,10-11H2,(H,27,28)/t18-,20+,21+/m0/s1. The maximum atomic E-state index is 13.2. The van der Waals surface area contributed by atoms with Gasteiger partial charge in [0.1, 0.15) is 12.2 Å². The molecule has 4 rings (SSSR count). The zero-order valence-electron chi connectivity index (χ0n) is 15.9. The van der Waals surface area contributed by atoms with Crippen LogP contribution in [-0.4, -0.2) is 34.5 Å². The number of aliphatic carboxylic acids is 1. The minimum atomic E-state index is -1.09. The normalized spacial score (nSPS) is 24.2. The second-order valence-electron chi connectivity index (χ2n) is 7.78. The summed E-state index contributed by atoms with van der Waals surface area (Å²) in [6, 6.07) is 11.9. The lowest BCUT2D eigenvalue weighted by Crippen LogP contribution is -2.52. The number of carbonyl (C=O) groups excluding carboxylic acids is 1. The number of halogens is 3. The molecule has 0 bridgehead atoms. The third-order valence-corrected chi connectivity index (χ3v) is 6.12. The van der Waals surface area contributed by atoms with Gasteiger partial charge in [-0.25, -0.2) is 0 Å². The molecule has 0 unspecified atom stereocenters. The van der Waals surface area contributed by atoms with Gasteiger partial charge in [0.05, 0.1) is 12.5 Å². The Morgan fingerprint density at radius 3 is 2.20 bits per heavy atom. The topological polar surface area (TPSA) is 66.8 Å². The lowest BCUT2D eigenvalue weighted by molar-refractivity contribution is -0.179. The molecule has 158 valence electrons. The van der Waals surface area contributed by atoms with Crippen LogP contribution >= 0.6 is 34.8 Å². The van der Waals surface area contributed by atoms with Crippen molar-refractivity contribution in [3.63, 3.8) is 0 Å². The summed E-state index contributed by atoms with van der Waals surface area (Å²) in [5.74, 6) is -0.989. The van der Waals surface area contributed by atoms with Gasteiger partial charge in [0.2, 0.25) is 0 Å². The maximum Gasteiger partial charge on any atom is 0.306 e. The third kappa shape index (κ3) is 4.75. The molecule has 1 aliphatic carbocycles. The monoisotopic (exact) mass is 467 g/mol. The molecule has 2 aromatic rings. The van der Waals surface area contributed by atoms with Gasteiger partial charge in [-0.05, 0) is 60.2 Å². The number of hydrogen-bond donors (Lipinski definition) is 1. The van der Waals surface area contributed by atoms with Gasteiger partial charge in [-0.15, -0.1) is 0 Å². The van der Waals surface area contributed by atoms with E-state index >= 15 is 0 Å². The zero-order chi connectivity index (χ0) is 21.4. The molecule has 0 aromatic heterocycles. The predicted octanol–water partition coefficient (Wildman–Crippen LogP) is 5.54. The van der Waals surface area contributed by atoms with Gasteiger partial charge in [-0.3, -0.25) is 9.59 Å². The summed E-state index contributed by atoms with van der Waals surface area (Å²) in [7, 11) is 0. The van der Waals surface area contributed by atoms with Crippen molar-refractivity contribution in [2.45, 2.75) is 37.5 Å². The summed E-state index contributed by atoms with van der Waals surface area (Å²) in [6.45, 7) is 0.552. The zero-order valence-corrected chi connectivity index (χ0v) is 18.2. The van der Waals surface area contributed by atoms with Gasteiger partial charge < -0.3 is 14.7 Å². The van der Waals surface area contributed by atoms with Crippen LogP contribution in [0, 0.1) is 5.92 Å². The molecule has 0 radical (unpaired) electrons. The van der Waals surface area contributed by atoms with E-state index in [1.54, 1.807) is 35.2 Å². The number of ether oxygens (including phenoxy) is 1. The predicted molar refractivity (Wildman–Crippen MR) is 115 cm³/mol. The van der Waals surface area contributed by atoms with Crippen LogP contribution in [0.15, 0.2) is 42.5 Å². The van der Waals surface area contributed by atoms with E-state index in [4.69, 9.17) is 39.5 Å². The highest BCUT2D eigenvalue weighted by Crippen LogP contribution is 2.45. The lowest BCUT2D eigenvalue weighted by atomic mass is 9.91. The Balaban J connectivity index is 1.81. The Morgan fingerprint density at radius 2 is 1.63 bits per heavy atom. The minimum Gasteiger partial charge on any atom is -0.481 e. The molecule has 8 heteroatoms. The minimum absolute atomic E-state index is 0.311. The summed E-state index contributed by atoms with van der Waals surface area (Å²) in [6.07, 6.45) is -0.00137. The van der Waals surface area contributed by atoms with Gasteiger partial charge in [0, 0.05) is 21.6 Å². The van der Waals surface area contributed by atoms with Crippen molar-refractivity contribution in [1.82, 2.24) is 4.90 Å². The molecular formula is C22H20Cl3NO4. The first-order valence-corrected chi connectivity index (χ1v) is 10.8. The fourth-order valence-corrected chi connectivity index (χ4v) is 4.56. The number of amides is 1. The number of carboxylic acid groups (broad SMARTS) is 1. The van der Waals surface area contributed by atoms with Gasteiger partial charge in [-0.2, -0.15) is 0 Å². The van der Waals surface area contributed by atoms with Crippen molar-refractivity contribution in [3.8, 4) is 0 Å². The van der Waals surface area contributed by atoms with Gasteiger partial charge in [0.15, 0.2) is 0 Å². The third-order valence-electron chi connectivity index (χ3n) is 5.43. The number of hydrogen-bond acceptors (Lipinski definition) is 3. The van der Waals surface area contributed by atoms with Crippen LogP contribution in [0.4, 0.5) is 0 Å². The molecule has 0 spiro atoms. The Kier molecular flexibility index (Phi) is 6.26. The van der Waals surface area contributed by atoms with Crippen LogP contribution in [0.5, 0.6) is 0 Å². The first kappa shape index (κ1) is 21.4. The molecule has 2 aromatic carbocycles.